The van der Waals surface area contributed by atoms with E-state index in [0.29, 0.717) is 22.3 Å². The van der Waals surface area contributed by atoms with Crippen LogP contribution in [0.2, 0.25) is 0 Å². The van der Waals surface area contributed by atoms with Crippen molar-refractivity contribution in [3.05, 3.63) is 113 Å². The highest BCUT2D eigenvalue weighted by Gasteiger charge is 2.17. The zero-order valence-corrected chi connectivity index (χ0v) is 18.2. The lowest BCUT2D eigenvalue weighted by Crippen LogP contribution is -2.31. The van der Waals surface area contributed by atoms with Crippen molar-refractivity contribution in [1.29, 1.82) is 0 Å². The third-order valence-corrected chi connectivity index (χ3v) is 5.36. The van der Waals surface area contributed by atoms with Gasteiger partial charge >= 0.3 is 0 Å². The van der Waals surface area contributed by atoms with Crippen molar-refractivity contribution in [3.63, 3.8) is 0 Å². The molecule has 4 rings (SSSR count). The van der Waals surface area contributed by atoms with Crippen LogP contribution < -0.4 is 10.6 Å². The number of carbonyl (C=O) groups excluding carboxylic acids is 2. The summed E-state index contributed by atoms with van der Waals surface area (Å²) < 4.78 is 13.3. The molecule has 0 aliphatic carbocycles. The van der Waals surface area contributed by atoms with Crippen LogP contribution in [0.4, 0.5) is 4.39 Å². The molecule has 172 valence electrons. The number of nitrogens with one attached hydrogen (secondary N) is 3. The maximum atomic E-state index is 13.3. The predicted octanol–water partition coefficient (Wildman–Crippen LogP) is 3.61. The molecule has 1 atom stereocenters. The van der Waals surface area contributed by atoms with Crippen molar-refractivity contribution < 1.29 is 19.1 Å². The minimum absolute atomic E-state index is 0.176. The van der Waals surface area contributed by atoms with Crippen LogP contribution in [0.1, 0.15) is 37.9 Å². The third-order valence-electron chi connectivity index (χ3n) is 5.36. The average molecular weight is 458 g/mol. The quantitative estimate of drug-likeness (QED) is 0.324. The summed E-state index contributed by atoms with van der Waals surface area (Å²) >= 11 is 0. The second kappa shape index (κ2) is 10.5. The Bertz CT molecular complexity index is 1270. The van der Waals surface area contributed by atoms with Gasteiger partial charge in [-0.25, -0.2) is 4.39 Å². The van der Waals surface area contributed by atoms with Gasteiger partial charge in [-0.3, -0.25) is 14.7 Å². The first kappa shape index (κ1) is 22.9. The van der Waals surface area contributed by atoms with Crippen molar-refractivity contribution in [2.24, 2.45) is 0 Å². The largest absolute Gasteiger partial charge is 0.394 e. The van der Waals surface area contributed by atoms with Crippen molar-refractivity contribution in [2.45, 2.75) is 12.6 Å². The Morgan fingerprint density at radius 2 is 1.74 bits per heavy atom. The van der Waals surface area contributed by atoms with Gasteiger partial charge in [-0.15, -0.1) is 0 Å². The summed E-state index contributed by atoms with van der Waals surface area (Å²) in [5.41, 5.74) is 3.86. The maximum Gasteiger partial charge on any atom is 0.251 e. The van der Waals surface area contributed by atoms with Crippen LogP contribution in [0.15, 0.2) is 85.2 Å². The van der Waals surface area contributed by atoms with E-state index in [-0.39, 0.29) is 30.8 Å². The van der Waals surface area contributed by atoms with Gasteiger partial charge in [0.15, 0.2) is 0 Å². The van der Waals surface area contributed by atoms with E-state index in [4.69, 9.17) is 0 Å². The zero-order chi connectivity index (χ0) is 23.9. The predicted molar refractivity (Wildman–Crippen MR) is 125 cm³/mol. The minimum Gasteiger partial charge on any atom is -0.394 e. The lowest BCUT2D eigenvalue weighted by atomic mass is 10.0. The van der Waals surface area contributed by atoms with E-state index in [9.17, 15) is 19.1 Å². The number of rotatable bonds is 8. The van der Waals surface area contributed by atoms with E-state index in [1.807, 2.05) is 12.1 Å². The van der Waals surface area contributed by atoms with Crippen LogP contribution in [0.5, 0.6) is 0 Å². The Balaban J connectivity index is 1.41. The molecule has 4 N–H and O–H groups in total. The van der Waals surface area contributed by atoms with Crippen molar-refractivity contribution in [1.82, 2.24) is 20.8 Å². The molecule has 4 aromatic rings. The van der Waals surface area contributed by atoms with E-state index >= 15 is 0 Å². The van der Waals surface area contributed by atoms with Crippen molar-refractivity contribution in [3.8, 4) is 11.1 Å². The van der Waals surface area contributed by atoms with Crippen LogP contribution in [0.3, 0.4) is 0 Å². The molecule has 0 saturated carbocycles. The number of aliphatic hydroxyl groups is 1. The molecule has 1 heterocycles. The Morgan fingerprint density at radius 1 is 0.941 bits per heavy atom. The van der Waals surface area contributed by atoms with Gasteiger partial charge in [0.05, 0.1) is 18.8 Å². The number of hydrogen-bond acceptors (Lipinski definition) is 4. The molecule has 3 aromatic carbocycles. The molecule has 34 heavy (non-hydrogen) atoms. The molecule has 7 nitrogen and oxygen atoms in total. The number of amides is 2. The minimum atomic E-state index is -0.697. The fraction of sp³-hybridized carbons (Fsp3) is 0.115. The number of aliphatic hydroxyl groups excluding tert-OH is 1. The average Bonchev–Trinajstić information content (AvgIpc) is 3.41. The summed E-state index contributed by atoms with van der Waals surface area (Å²) in [4.78, 5) is 25.3. The monoisotopic (exact) mass is 458 g/mol. The van der Waals surface area contributed by atoms with Gasteiger partial charge in [0.1, 0.15) is 5.82 Å². The van der Waals surface area contributed by atoms with Gasteiger partial charge in [0, 0.05) is 29.4 Å². The summed E-state index contributed by atoms with van der Waals surface area (Å²) in [6.07, 6.45) is 3.45. The Morgan fingerprint density at radius 3 is 2.44 bits per heavy atom. The Kier molecular flexibility index (Phi) is 7.10. The van der Waals surface area contributed by atoms with Gasteiger partial charge < -0.3 is 15.7 Å². The van der Waals surface area contributed by atoms with Crippen LogP contribution in [-0.2, 0) is 6.54 Å². The highest BCUT2D eigenvalue weighted by molar-refractivity contribution is 5.95. The van der Waals surface area contributed by atoms with Gasteiger partial charge in [-0.05, 0) is 53.1 Å². The SMILES string of the molecule is O=C(NCc1cccc(F)c1)c1cccc([C@@H](CO)NC(=O)c2ccc(-c3cn[nH]c3)cc2)c1. The van der Waals surface area contributed by atoms with E-state index in [1.165, 1.54) is 12.1 Å². The second-order valence-corrected chi connectivity index (χ2v) is 7.71. The van der Waals surface area contributed by atoms with Crippen LogP contribution in [0.25, 0.3) is 11.1 Å². The van der Waals surface area contributed by atoms with E-state index in [2.05, 4.69) is 20.8 Å². The molecule has 0 saturated heterocycles. The van der Waals surface area contributed by atoms with Crippen molar-refractivity contribution >= 4 is 11.8 Å². The molecule has 1 aromatic heterocycles. The number of aromatic amines is 1. The van der Waals surface area contributed by atoms with Crippen LogP contribution in [0, 0.1) is 5.82 Å². The normalized spacial score (nSPS) is 11.6. The Labute approximate surface area is 195 Å². The van der Waals surface area contributed by atoms with Crippen molar-refractivity contribution in [2.75, 3.05) is 6.61 Å². The number of benzene rings is 3. The standard InChI is InChI=1S/C26H23FN4O3/c27-23-6-1-3-17(11-23)13-28-25(33)21-5-2-4-20(12-21)24(16-32)31-26(34)19-9-7-18(8-10-19)22-14-29-30-15-22/h1-12,14-15,24,32H,13,16H2,(H,28,33)(H,29,30)(H,31,34)/t24-/m1/s1. The second-order valence-electron chi connectivity index (χ2n) is 7.71. The first-order chi connectivity index (χ1) is 16.5. The fourth-order valence-corrected chi connectivity index (χ4v) is 3.53. The van der Waals surface area contributed by atoms with Crippen LogP contribution >= 0.6 is 0 Å². The summed E-state index contributed by atoms with van der Waals surface area (Å²) in [5.74, 6) is -1.06. The number of halogens is 1. The number of aromatic nitrogens is 2. The molecule has 0 spiro atoms. The van der Waals surface area contributed by atoms with Gasteiger partial charge in [0.25, 0.3) is 11.8 Å². The molecule has 0 unspecified atom stereocenters. The van der Waals surface area contributed by atoms with E-state index in [1.54, 1.807) is 60.9 Å². The van der Waals surface area contributed by atoms with E-state index in [0.717, 1.165) is 11.1 Å². The first-order valence-corrected chi connectivity index (χ1v) is 10.7. The molecule has 0 radical (unpaired) electrons. The number of hydrogen-bond donors (Lipinski definition) is 4. The first-order valence-electron chi connectivity index (χ1n) is 10.7. The smallest absolute Gasteiger partial charge is 0.251 e. The van der Waals surface area contributed by atoms with E-state index < -0.39 is 6.04 Å². The highest BCUT2D eigenvalue weighted by Crippen LogP contribution is 2.19. The molecule has 0 aliphatic heterocycles. The van der Waals surface area contributed by atoms with Gasteiger partial charge in [-0.2, -0.15) is 5.10 Å². The summed E-state index contributed by atoms with van der Waals surface area (Å²) in [6.45, 7) is -0.164. The Hall–Kier alpha value is -4.30. The van der Waals surface area contributed by atoms with Gasteiger partial charge in [-0.1, -0.05) is 36.4 Å². The topological polar surface area (TPSA) is 107 Å². The van der Waals surface area contributed by atoms with Crippen LogP contribution in [-0.4, -0.2) is 33.7 Å². The lowest BCUT2D eigenvalue weighted by molar-refractivity contribution is 0.0916. The molecule has 8 heteroatoms. The van der Waals surface area contributed by atoms with Gasteiger partial charge in [0.2, 0.25) is 0 Å². The summed E-state index contributed by atoms with van der Waals surface area (Å²) in [5, 5.41) is 22.1. The third kappa shape index (κ3) is 5.54. The number of carbonyl (C=O) groups is 2. The fourth-order valence-electron chi connectivity index (χ4n) is 3.53. The summed E-state index contributed by atoms with van der Waals surface area (Å²) in [6, 6.07) is 19.0. The molecule has 0 bridgehead atoms. The maximum absolute atomic E-state index is 13.3. The summed E-state index contributed by atoms with van der Waals surface area (Å²) in [7, 11) is 0. The highest BCUT2D eigenvalue weighted by atomic mass is 19.1. The molecule has 0 fully saturated rings. The molecule has 2 amide bonds. The molecular weight excluding hydrogens is 435 g/mol. The lowest BCUT2D eigenvalue weighted by Gasteiger charge is -2.18. The number of H-pyrrole nitrogens is 1. The zero-order valence-electron chi connectivity index (χ0n) is 18.2. The molecule has 0 aliphatic rings. The molecular formula is C26H23FN4O3. The number of nitrogens with zero attached hydrogens (tertiary/aromatic N) is 1.